The fraction of sp³-hybridized carbons (Fsp3) is 0.571. The van der Waals surface area contributed by atoms with Gasteiger partial charge in [-0.2, -0.15) is 13.2 Å². The van der Waals surface area contributed by atoms with Crippen molar-refractivity contribution in [3.63, 3.8) is 0 Å². The maximum Gasteiger partial charge on any atom is 0.416 e. The number of carbonyl (C=O) groups excluding carboxylic acids is 1. The van der Waals surface area contributed by atoms with Crippen molar-refractivity contribution < 1.29 is 22.7 Å². The average molecular weight is 319 g/mol. The third kappa shape index (κ3) is 5.51. The van der Waals surface area contributed by atoms with Gasteiger partial charge in [0.25, 0.3) is 0 Å². The zero-order chi connectivity index (χ0) is 17.0. The molecular weight excluding hydrogens is 299 g/mol. The number of nitrogens with two attached hydrogens (primary N) is 1. The normalized spacial score (nSPS) is 13.6. The Bertz CT molecular complexity index is 513. The van der Waals surface area contributed by atoms with Gasteiger partial charge in [0, 0.05) is 31.4 Å². The van der Waals surface area contributed by atoms with Crippen molar-refractivity contribution in [2.24, 2.45) is 5.73 Å². The Kier molecular flexibility index (Phi) is 5.76. The Hall–Kier alpha value is -1.83. The number of nitrogens with zero attached hydrogens (tertiary/aromatic N) is 1. The molecule has 124 valence electrons. The first-order valence-electron chi connectivity index (χ1n) is 6.72. The number of pyridine rings is 1. The van der Waals surface area contributed by atoms with Crippen LogP contribution in [-0.4, -0.2) is 29.8 Å². The van der Waals surface area contributed by atoms with Crippen LogP contribution in [-0.2, 0) is 10.9 Å². The molecule has 0 aliphatic heterocycles. The number of alkyl carbamates (subject to hydrolysis) is 1. The first-order chi connectivity index (χ1) is 10.0. The second kappa shape index (κ2) is 6.95. The lowest BCUT2D eigenvalue weighted by atomic mass is 9.96. The number of aromatic nitrogens is 1. The van der Waals surface area contributed by atoms with Crippen LogP contribution in [0.4, 0.5) is 18.0 Å². The molecule has 1 heterocycles. The molecule has 0 spiro atoms. The van der Waals surface area contributed by atoms with Gasteiger partial charge < -0.3 is 15.8 Å². The summed E-state index contributed by atoms with van der Waals surface area (Å²) in [6.07, 6.45) is -3.01. The van der Waals surface area contributed by atoms with E-state index in [0.717, 1.165) is 18.5 Å². The van der Waals surface area contributed by atoms with E-state index < -0.39 is 29.4 Å². The van der Waals surface area contributed by atoms with Crippen molar-refractivity contribution >= 4 is 6.09 Å². The van der Waals surface area contributed by atoms with E-state index in [-0.39, 0.29) is 18.7 Å². The molecule has 0 fully saturated rings. The Morgan fingerprint density at radius 2 is 2.05 bits per heavy atom. The van der Waals surface area contributed by atoms with Gasteiger partial charge in [-0.05, 0) is 32.4 Å². The second-order valence-corrected chi connectivity index (χ2v) is 5.78. The minimum atomic E-state index is -4.50. The lowest BCUT2D eigenvalue weighted by Gasteiger charge is -2.23. The standard InChI is InChI=1S/C14H20F3N3O2/c1-13(2,3)22-12(21)20-7-9(6-18)10-8-19-5-4-11(10)14(15,16)17/h4-5,8-9H,6-7,18H2,1-3H3,(H,20,21). The molecule has 3 N–H and O–H groups in total. The predicted octanol–water partition coefficient (Wildman–Crippen LogP) is 2.67. The number of amides is 1. The Labute approximate surface area is 127 Å². The average Bonchev–Trinajstić information content (AvgIpc) is 2.36. The number of hydrogen-bond donors (Lipinski definition) is 2. The van der Waals surface area contributed by atoms with E-state index in [1.807, 2.05) is 0 Å². The molecule has 0 saturated carbocycles. The van der Waals surface area contributed by atoms with Crippen molar-refractivity contribution in [3.05, 3.63) is 29.6 Å². The van der Waals surface area contributed by atoms with Crippen LogP contribution < -0.4 is 11.1 Å². The van der Waals surface area contributed by atoms with E-state index in [0.29, 0.717) is 0 Å². The molecule has 0 aromatic carbocycles. The van der Waals surface area contributed by atoms with Crippen LogP contribution in [0.25, 0.3) is 0 Å². The quantitative estimate of drug-likeness (QED) is 0.894. The summed E-state index contributed by atoms with van der Waals surface area (Å²) in [5.74, 6) is -0.710. The lowest BCUT2D eigenvalue weighted by molar-refractivity contribution is -0.138. The smallest absolute Gasteiger partial charge is 0.416 e. The summed E-state index contributed by atoms with van der Waals surface area (Å²) in [6, 6.07) is 0.894. The van der Waals surface area contributed by atoms with Crippen LogP contribution in [0.1, 0.15) is 37.8 Å². The van der Waals surface area contributed by atoms with Crippen LogP contribution >= 0.6 is 0 Å². The van der Waals surface area contributed by atoms with Crippen LogP contribution in [0.3, 0.4) is 0 Å². The zero-order valence-corrected chi connectivity index (χ0v) is 12.7. The molecular formula is C14H20F3N3O2. The summed E-state index contributed by atoms with van der Waals surface area (Å²) in [5.41, 5.74) is 4.01. The lowest BCUT2D eigenvalue weighted by Crippen LogP contribution is -2.36. The third-order valence-electron chi connectivity index (χ3n) is 2.77. The van der Waals surface area contributed by atoms with Crippen molar-refractivity contribution in [2.75, 3.05) is 13.1 Å². The molecule has 0 saturated heterocycles. The molecule has 0 radical (unpaired) electrons. The Balaban J connectivity index is 2.84. The van der Waals surface area contributed by atoms with Gasteiger partial charge in [0.1, 0.15) is 5.60 Å². The highest BCUT2D eigenvalue weighted by Crippen LogP contribution is 2.34. The molecule has 1 atom stereocenters. The fourth-order valence-corrected chi connectivity index (χ4v) is 1.83. The number of hydrogen-bond acceptors (Lipinski definition) is 4. The molecule has 1 aromatic heterocycles. The van der Waals surface area contributed by atoms with Crippen molar-refractivity contribution in [1.82, 2.24) is 10.3 Å². The molecule has 1 amide bonds. The molecule has 0 bridgehead atoms. The number of ether oxygens (including phenoxy) is 1. The van der Waals surface area contributed by atoms with E-state index in [2.05, 4.69) is 10.3 Å². The first kappa shape index (κ1) is 18.2. The highest BCUT2D eigenvalue weighted by Gasteiger charge is 2.35. The van der Waals surface area contributed by atoms with Gasteiger partial charge in [-0.1, -0.05) is 0 Å². The van der Waals surface area contributed by atoms with Gasteiger partial charge in [0.15, 0.2) is 0 Å². The molecule has 1 aromatic rings. The van der Waals surface area contributed by atoms with E-state index in [1.165, 1.54) is 0 Å². The van der Waals surface area contributed by atoms with Crippen molar-refractivity contribution in [3.8, 4) is 0 Å². The predicted molar refractivity (Wildman–Crippen MR) is 75.3 cm³/mol. The van der Waals surface area contributed by atoms with E-state index in [9.17, 15) is 18.0 Å². The summed E-state index contributed by atoms with van der Waals surface area (Å²) in [7, 11) is 0. The first-order valence-corrected chi connectivity index (χ1v) is 6.72. The number of nitrogens with one attached hydrogen (secondary N) is 1. The molecule has 8 heteroatoms. The fourth-order valence-electron chi connectivity index (χ4n) is 1.83. The molecule has 22 heavy (non-hydrogen) atoms. The molecule has 1 unspecified atom stereocenters. The second-order valence-electron chi connectivity index (χ2n) is 5.78. The summed E-state index contributed by atoms with van der Waals surface area (Å²) < 4.78 is 44.0. The number of halogens is 3. The highest BCUT2D eigenvalue weighted by molar-refractivity contribution is 5.67. The van der Waals surface area contributed by atoms with Gasteiger partial charge in [0.2, 0.25) is 0 Å². The van der Waals surface area contributed by atoms with Crippen LogP contribution in [0, 0.1) is 0 Å². The molecule has 5 nitrogen and oxygen atoms in total. The summed E-state index contributed by atoms with van der Waals surface area (Å²) in [6.45, 7) is 4.94. The molecule has 0 aliphatic carbocycles. The van der Waals surface area contributed by atoms with E-state index in [1.54, 1.807) is 20.8 Å². The topological polar surface area (TPSA) is 77.2 Å². The largest absolute Gasteiger partial charge is 0.444 e. The van der Waals surface area contributed by atoms with Crippen LogP contribution in [0.15, 0.2) is 18.5 Å². The van der Waals surface area contributed by atoms with Gasteiger partial charge in [0.05, 0.1) is 5.56 Å². The summed E-state index contributed by atoms with van der Waals surface area (Å²) in [5, 5.41) is 2.43. The Morgan fingerprint density at radius 3 is 2.55 bits per heavy atom. The van der Waals surface area contributed by atoms with E-state index >= 15 is 0 Å². The minimum Gasteiger partial charge on any atom is -0.444 e. The van der Waals surface area contributed by atoms with E-state index in [4.69, 9.17) is 10.5 Å². The molecule has 1 rings (SSSR count). The Morgan fingerprint density at radius 1 is 1.41 bits per heavy atom. The SMILES string of the molecule is CC(C)(C)OC(=O)NCC(CN)c1cnccc1C(F)(F)F. The monoisotopic (exact) mass is 319 g/mol. The summed E-state index contributed by atoms with van der Waals surface area (Å²) in [4.78, 5) is 15.3. The van der Waals surface area contributed by atoms with Gasteiger partial charge in [-0.25, -0.2) is 4.79 Å². The van der Waals surface area contributed by atoms with Gasteiger partial charge >= 0.3 is 12.3 Å². The van der Waals surface area contributed by atoms with Crippen LogP contribution in [0.2, 0.25) is 0 Å². The van der Waals surface area contributed by atoms with Gasteiger partial charge in [-0.3, -0.25) is 4.98 Å². The number of carbonyl (C=O) groups is 1. The maximum atomic E-state index is 13.0. The third-order valence-corrected chi connectivity index (χ3v) is 2.77. The van der Waals surface area contributed by atoms with Crippen molar-refractivity contribution in [2.45, 2.75) is 38.5 Å². The molecule has 0 aliphatic rings. The maximum absolute atomic E-state index is 13.0. The highest BCUT2D eigenvalue weighted by atomic mass is 19.4. The van der Waals surface area contributed by atoms with Crippen LogP contribution in [0.5, 0.6) is 0 Å². The van der Waals surface area contributed by atoms with Crippen molar-refractivity contribution in [1.29, 1.82) is 0 Å². The van der Waals surface area contributed by atoms with Gasteiger partial charge in [-0.15, -0.1) is 0 Å². The minimum absolute atomic E-state index is 0.0476. The summed E-state index contributed by atoms with van der Waals surface area (Å²) >= 11 is 0. The number of alkyl halides is 3. The zero-order valence-electron chi connectivity index (χ0n) is 12.7. The number of rotatable bonds is 4.